The summed E-state index contributed by atoms with van der Waals surface area (Å²) in [5, 5.41) is 4.26. The van der Waals surface area contributed by atoms with Crippen LogP contribution in [0.25, 0.3) is 0 Å². The molecule has 4 nitrogen and oxygen atoms in total. The molecule has 0 spiro atoms. The first-order valence-corrected chi connectivity index (χ1v) is 9.30. The molecule has 0 bridgehead atoms. The minimum Gasteiger partial charge on any atom is -0.353 e. The number of carbonyl (C=O) groups is 2. The van der Waals surface area contributed by atoms with Crippen molar-refractivity contribution in [3.63, 3.8) is 0 Å². The summed E-state index contributed by atoms with van der Waals surface area (Å²) in [7, 11) is 0. The average Bonchev–Trinajstić information content (AvgIpc) is 3.38. The van der Waals surface area contributed by atoms with E-state index in [-0.39, 0.29) is 17.7 Å². The lowest BCUT2D eigenvalue weighted by Crippen LogP contribution is -2.43. The molecular weight excluding hydrogens is 347 g/mol. The highest BCUT2D eigenvalue weighted by Gasteiger charge is 2.30. The Morgan fingerprint density at radius 1 is 1.12 bits per heavy atom. The van der Waals surface area contributed by atoms with E-state index < -0.39 is 0 Å². The molecule has 6 heteroatoms. The van der Waals surface area contributed by atoms with Crippen molar-refractivity contribution >= 4 is 35.0 Å². The van der Waals surface area contributed by atoms with Gasteiger partial charge in [0.05, 0.1) is 0 Å². The first kappa shape index (κ1) is 17.6. The molecule has 1 saturated carbocycles. The first-order chi connectivity index (χ1) is 11.5. The smallest absolute Gasteiger partial charge is 0.223 e. The van der Waals surface area contributed by atoms with Crippen LogP contribution < -0.4 is 5.32 Å². The lowest BCUT2D eigenvalue weighted by molar-refractivity contribution is -0.135. The van der Waals surface area contributed by atoms with E-state index in [1.807, 2.05) is 11.0 Å². The predicted octanol–water partition coefficient (Wildman–Crippen LogP) is 3.44. The fraction of sp³-hybridized carbons (Fsp3) is 0.556. The Morgan fingerprint density at radius 2 is 1.83 bits per heavy atom. The van der Waals surface area contributed by atoms with E-state index in [9.17, 15) is 9.59 Å². The monoisotopic (exact) mass is 368 g/mol. The summed E-state index contributed by atoms with van der Waals surface area (Å²) in [6.07, 6.45) is 4.77. The van der Waals surface area contributed by atoms with Crippen molar-refractivity contribution < 1.29 is 9.59 Å². The van der Waals surface area contributed by atoms with E-state index in [4.69, 9.17) is 23.2 Å². The number of carbonyl (C=O) groups excluding carboxylic acids is 2. The zero-order valence-electron chi connectivity index (χ0n) is 13.6. The van der Waals surface area contributed by atoms with Gasteiger partial charge < -0.3 is 10.2 Å². The maximum atomic E-state index is 12.4. The van der Waals surface area contributed by atoms with E-state index in [2.05, 4.69) is 5.32 Å². The molecule has 2 amide bonds. The molecule has 1 heterocycles. The van der Waals surface area contributed by atoms with Gasteiger partial charge in [0.1, 0.15) is 0 Å². The molecule has 24 heavy (non-hydrogen) atoms. The fourth-order valence-electron chi connectivity index (χ4n) is 3.06. The molecule has 1 aromatic rings. The number of aryl methyl sites for hydroxylation is 1. The van der Waals surface area contributed by atoms with Crippen LogP contribution in [0.4, 0.5) is 0 Å². The van der Waals surface area contributed by atoms with Crippen LogP contribution in [0.3, 0.4) is 0 Å². The summed E-state index contributed by atoms with van der Waals surface area (Å²) in [6.45, 7) is 1.33. The number of benzene rings is 1. The van der Waals surface area contributed by atoms with Crippen LogP contribution in [0.5, 0.6) is 0 Å². The summed E-state index contributed by atoms with van der Waals surface area (Å²) in [4.78, 5) is 26.3. The van der Waals surface area contributed by atoms with Crippen molar-refractivity contribution in [3.05, 3.63) is 33.8 Å². The third-order valence-corrected chi connectivity index (χ3v) is 5.35. The fourth-order valence-corrected chi connectivity index (χ4v) is 3.56. The molecule has 0 radical (unpaired) electrons. The van der Waals surface area contributed by atoms with Gasteiger partial charge in [-0.05, 0) is 49.8 Å². The molecule has 1 aromatic carbocycles. The molecule has 1 aliphatic heterocycles. The van der Waals surface area contributed by atoms with Crippen molar-refractivity contribution in [3.8, 4) is 0 Å². The van der Waals surface area contributed by atoms with Crippen LogP contribution >= 0.6 is 23.2 Å². The Bertz CT molecular complexity index is 623. The van der Waals surface area contributed by atoms with E-state index in [1.165, 1.54) is 0 Å². The van der Waals surface area contributed by atoms with Gasteiger partial charge in [-0.15, -0.1) is 0 Å². The largest absolute Gasteiger partial charge is 0.353 e. The maximum absolute atomic E-state index is 12.4. The predicted molar refractivity (Wildman–Crippen MR) is 95.3 cm³/mol. The lowest BCUT2D eigenvalue weighted by atomic mass is 9.95. The lowest BCUT2D eigenvalue weighted by Gasteiger charge is -2.31. The summed E-state index contributed by atoms with van der Waals surface area (Å²) in [5.41, 5.74) is 0.938. The van der Waals surface area contributed by atoms with E-state index in [1.54, 1.807) is 12.1 Å². The number of likely N-dealkylation sites (tertiary alicyclic amines) is 1. The highest BCUT2D eigenvalue weighted by molar-refractivity contribution is 6.35. The van der Waals surface area contributed by atoms with Crippen LogP contribution in [0.1, 0.15) is 37.7 Å². The van der Waals surface area contributed by atoms with Crippen LogP contribution in [0.2, 0.25) is 10.0 Å². The van der Waals surface area contributed by atoms with Crippen molar-refractivity contribution in [2.24, 2.45) is 5.92 Å². The number of piperidine rings is 1. The Kier molecular flexibility index (Phi) is 5.67. The van der Waals surface area contributed by atoms with E-state index in [0.717, 1.165) is 31.2 Å². The van der Waals surface area contributed by atoms with Crippen LogP contribution in [0, 0.1) is 5.92 Å². The van der Waals surface area contributed by atoms with Gasteiger partial charge in [-0.1, -0.05) is 29.3 Å². The molecular formula is C18H22Cl2N2O2. The molecule has 130 valence electrons. The average molecular weight is 369 g/mol. The first-order valence-electron chi connectivity index (χ1n) is 8.55. The molecule has 1 saturated heterocycles. The Morgan fingerprint density at radius 3 is 2.46 bits per heavy atom. The van der Waals surface area contributed by atoms with Crippen molar-refractivity contribution in [2.45, 2.75) is 44.6 Å². The van der Waals surface area contributed by atoms with Crippen molar-refractivity contribution in [1.29, 1.82) is 0 Å². The van der Waals surface area contributed by atoms with Crippen molar-refractivity contribution in [1.82, 2.24) is 10.2 Å². The molecule has 3 rings (SSSR count). The summed E-state index contributed by atoms with van der Waals surface area (Å²) in [5.74, 6) is 0.347. The third kappa shape index (κ3) is 4.64. The van der Waals surface area contributed by atoms with Gasteiger partial charge in [-0.3, -0.25) is 9.59 Å². The molecule has 2 aliphatic rings. The van der Waals surface area contributed by atoms with Gasteiger partial charge in [0, 0.05) is 41.5 Å². The van der Waals surface area contributed by atoms with Crippen LogP contribution in [-0.2, 0) is 16.0 Å². The van der Waals surface area contributed by atoms with Gasteiger partial charge in [0.2, 0.25) is 11.8 Å². The van der Waals surface area contributed by atoms with Crippen LogP contribution in [-0.4, -0.2) is 35.8 Å². The highest BCUT2D eigenvalue weighted by Crippen LogP contribution is 2.24. The standard InChI is InChI=1S/C18H22Cl2N2O2/c19-14-3-1-12(16(20)11-14)2-6-17(23)22-9-7-13(8-10-22)18(24)21-15-4-5-15/h1,3,11,13,15H,2,4-10H2,(H,21,24). The molecule has 1 aliphatic carbocycles. The third-order valence-electron chi connectivity index (χ3n) is 4.77. The molecule has 0 aromatic heterocycles. The van der Waals surface area contributed by atoms with E-state index >= 15 is 0 Å². The molecule has 0 unspecified atom stereocenters. The number of nitrogens with zero attached hydrogens (tertiary/aromatic N) is 1. The van der Waals surface area contributed by atoms with E-state index in [0.29, 0.717) is 42.0 Å². The van der Waals surface area contributed by atoms with Gasteiger partial charge in [-0.2, -0.15) is 0 Å². The summed E-state index contributed by atoms with van der Waals surface area (Å²) >= 11 is 12.0. The Balaban J connectivity index is 1.43. The number of nitrogens with one attached hydrogen (secondary N) is 1. The Hall–Kier alpha value is -1.26. The SMILES string of the molecule is O=C(NC1CC1)C1CCN(C(=O)CCc2ccc(Cl)cc2Cl)CC1. The second kappa shape index (κ2) is 7.75. The van der Waals surface area contributed by atoms with Gasteiger partial charge in [-0.25, -0.2) is 0 Å². The van der Waals surface area contributed by atoms with Crippen LogP contribution in [0.15, 0.2) is 18.2 Å². The molecule has 2 fully saturated rings. The number of rotatable bonds is 5. The molecule has 1 N–H and O–H groups in total. The van der Waals surface area contributed by atoms with Gasteiger partial charge in [0.25, 0.3) is 0 Å². The normalized spacial score (nSPS) is 18.5. The number of halogens is 2. The maximum Gasteiger partial charge on any atom is 0.223 e. The highest BCUT2D eigenvalue weighted by atomic mass is 35.5. The van der Waals surface area contributed by atoms with Gasteiger partial charge in [0.15, 0.2) is 0 Å². The number of amides is 2. The summed E-state index contributed by atoms with van der Waals surface area (Å²) < 4.78 is 0. The quantitative estimate of drug-likeness (QED) is 0.865. The topological polar surface area (TPSA) is 49.4 Å². The number of hydrogen-bond donors (Lipinski definition) is 1. The Labute approximate surface area is 152 Å². The van der Waals surface area contributed by atoms with Crippen molar-refractivity contribution in [2.75, 3.05) is 13.1 Å². The number of hydrogen-bond acceptors (Lipinski definition) is 2. The second-order valence-electron chi connectivity index (χ2n) is 6.67. The van der Waals surface area contributed by atoms with Gasteiger partial charge >= 0.3 is 0 Å². The second-order valence-corrected chi connectivity index (χ2v) is 7.52. The minimum atomic E-state index is 0.0559. The zero-order valence-corrected chi connectivity index (χ0v) is 15.1. The minimum absolute atomic E-state index is 0.0559. The zero-order chi connectivity index (χ0) is 17.1. The summed E-state index contributed by atoms with van der Waals surface area (Å²) in [6, 6.07) is 5.76. The molecule has 0 atom stereocenters.